The van der Waals surface area contributed by atoms with Gasteiger partial charge in [0.05, 0.1) is 5.70 Å². The van der Waals surface area contributed by atoms with Gasteiger partial charge in [-0.25, -0.2) is 0 Å². The molecule has 1 aromatic rings. The average Bonchev–Trinajstić information content (AvgIpc) is 2.46. The molecule has 0 atom stereocenters. The minimum atomic E-state index is 0.233. The Bertz CT molecular complexity index is 367. The highest BCUT2D eigenvalue weighted by molar-refractivity contribution is 5.99. The van der Waals surface area contributed by atoms with E-state index in [1.807, 2.05) is 36.4 Å². The highest BCUT2D eigenvalue weighted by atomic mass is 16.1. The number of Topliss-reactive ketones (excluding diaryl/α,β-unsaturated/α-hetero) is 1. The quantitative estimate of drug-likeness (QED) is 0.707. The third-order valence-electron chi connectivity index (χ3n) is 2.56. The zero-order chi connectivity index (χ0) is 10.5. The van der Waals surface area contributed by atoms with E-state index in [0.717, 1.165) is 30.6 Å². The summed E-state index contributed by atoms with van der Waals surface area (Å²) in [6.07, 6.45) is 4.69. The number of ketones is 1. The van der Waals surface area contributed by atoms with Crippen LogP contribution in [0.3, 0.4) is 0 Å². The lowest BCUT2D eigenvalue weighted by Gasteiger charge is -2.04. The highest BCUT2D eigenvalue weighted by Gasteiger charge is 2.12. The molecule has 78 valence electrons. The van der Waals surface area contributed by atoms with Crippen molar-refractivity contribution in [1.29, 1.82) is 0 Å². The normalized spacial score (nSPS) is 19.7. The van der Waals surface area contributed by atoms with E-state index in [4.69, 9.17) is 0 Å². The van der Waals surface area contributed by atoms with Gasteiger partial charge in [-0.3, -0.25) is 4.79 Å². The van der Waals surface area contributed by atoms with E-state index < -0.39 is 0 Å². The molecule has 1 heterocycles. The second kappa shape index (κ2) is 4.78. The fraction of sp³-hybridized carbons (Fsp3) is 0.308. The molecule has 1 N–H and O–H groups in total. The van der Waals surface area contributed by atoms with Gasteiger partial charge in [0.1, 0.15) is 0 Å². The monoisotopic (exact) mass is 201 g/mol. The molecule has 0 spiro atoms. The predicted molar refractivity (Wildman–Crippen MR) is 61.3 cm³/mol. The molecule has 1 aliphatic heterocycles. The molecular weight excluding hydrogens is 186 g/mol. The number of benzene rings is 1. The van der Waals surface area contributed by atoms with E-state index >= 15 is 0 Å². The molecule has 2 heteroatoms. The molecule has 2 rings (SSSR count). The maximum Gasteiger partial charge on any atom is 0.178 e. The van der Waals surface area contributed by atoms with Crippen LogP contribution in [0.2, 0.25) is 0 Å². The Labute approximate surface area is 90.0 Å². The molecule has 1 fully saturated rings. The third-order valence-corrected chi connectivity index (χ3v) is 2.56. The number of hydrogen-bond acceptors (Lipinski definition) is 2. The number of allylic oxidation sites excluding steroid dienone is 1. The number of carbonyl (C=O) groups excluding carboxylic acids is 1. The smallest absolute Gasteiger partial charge is 0.178 e. The van der Waals surface area contributed by atoms with E-state index in [1.165, 1.54) is 0 Å². The molecule has 1 saturated heterocycles. The molecule has 1 aliphatic rings. The number of carbonyl (C=O) groups is 1. The molecule has 0 saturated carbocycles. The van der Waals surface area contributed by atoms with Gasteiger partial charge in [-0.05, 0) is 24.5 Å². The Morgan fingerprint density at radius 2 is 1.93 bits per heavy atom. The van der Waals surface area contributed by atoms with Crippen LogP contribution < -0.4 is 5.32 Å². The van der Waals surface area contributed by atoms with Gasteiger partial charge in [0.15, 0.2) is 5.78 Å². The van der Waals surface area contributed by atoms with Gasteiger partial charge in [0, 0.05) is 13.0 Å². The first-order valence-electron chi connectivity index (χ1n) is 5.40. The zero-order valence-corrected chi connectivity index (χ0v) is 8.70. The summed E-state index contributed by atoms with van der Waals surface area (Å²) < 4.78 is 0. The highest BCUT2D eigenvalue weighted by Crippen LogP contribution is 2.11. The van der Waals surface area contributed by atoms with Crippen molar-refractivity contribution in [2.24, 2.45) is 0 Å². The maximum absolute atomic E-state index is 11.7. The van der Waals surface area contributed by atoms with Crippen LogP contribution in [-0.4, -0.2) is 12.3 Å². The van der Waals surface area contributed by atoms with Crippen molar-refractivity contribution < 1.29 is 4.79 Å². The Kier molecular flexibility index (Phi) is 3.18. The summed E-state index contributed by atoms with van der Waals surface area (Å²) in [5, 5.41) is 3.19. The summed E-state index contributed by atoms with van der Waals surface area (Å²) in [5.41, 5.74) is 1.84. The number of nitrogens with one attached hydrogen (secondary N) is 1. The largest absolute Gasteiger partial charge is 0.382 e. The lowest BCUT2D eigenvalue weighted by Crippen LogP contribution is -2.17. The van der Waals surface area contributed by atoms with E-state index in [1.54, 1.807) is 0 Å². The van der Waals surface area contributed by atoms with Gasteiger partial charge in [-0.15, -0.1) is 0 Å². The first-order chi connectivity index (χ1) is 7.36. The lowest BCUT2D eigenvalue weighted by atomic mass is 10.1. The van der Waals surface area contributed by atoms with Crippen LogP contribution in [0, 0.1) is 0 Å². The molecule has 0 aliphatic carbocycles. The van der Waals surface area contributed by atoms with Crippen LogP contribution in [0.5, 0.6) is 0 Å². The summed E-state index contributed by atoms with van der Waals surface area (Å²) in [7, 11) is 0. The van der Waals surface area contributed by atoms with Crippen LogP contribution in [0.25, 0.3) is 6.08 Å². The Balaban J connectivity index is 2.20. The van der Waals surface area contributed by atoms with Crippen molar-refractivity contribution in [3.63, 3.8) is 0 Å². The Morgan fingerprint density at radius 3 is 2.73 bits per heavy atom. The van der Waals surface area contributed by atoms with Gasteiger partial charge in [0.25, 0.3) is 0 Å². The predicted octanol–water partition coefficient (Wildman–Crippen LogP) is 2.37. The first kappa shape index (κ1) is 9.97. The van der Waals surface area contributed by atoms with Gasteiger partial charge in [0.2, 0.25) is 0 Å². The fourth-order valence-corrected chi connectivity index (χ4v) is 1.71. The van der Waals surface area contributed by atoms with Gasteiger partial charge >= 0.3 is 0 Å². The van der Waals surface area contributed by atoms with Crippen LogP contribution in [0.1, 0.15) is 24.8 Å². The average molecular weight is 201 g/mol. The van der Waals surface area contributed by atoms with Gasteiger partial charge in [-0.2, -0.15) is 0 Å². The van der Waals surface area contributed by atoms with Crippen LogP contribution in [0.4, 0.5) is 0 Å². The second-order valence-corrected chi connectivity index (χ2v) is 3.78. The van der Waals surface area contributed by atoms with E-state index in [9.17, 15) is 4.79 Å². The molecule has 1 aromatic carbocycles. The molecular formula is C13H15NO. The Hall–Kier alpha value is -1.57. The lowest BCUT2D eigenvalue weighted by molar-refractivity contribution is -0.115. The van der Waals surface area contributed by atoms with Crippen molar-refractivity contribution in [2.75, 3.05) is 6.54 Å². The summed E-state index contributed by atoms with van der Waals surface area (Å²) in [5.74, 6) is 0.233. The molecule has 0 amide bonds. The summed E-state index contributed by atoms with van der Waals surface area (Å²) in [6.45, 7) is 0.907. The van der Waals surface area contributed by atoms with Crippen molar-refractivity contribution in [3.05, 3.63) is 41.6 Å². The van der Waals surface area contributed by atoms with E-state index in [-0.39, 0.29) is 5.78 Å². The van der Waals surface area contributed by atoms with Crippen LogP contribution in [-0.2, 0) is 4.79 Å². The first-order valence-corrected chi connectivity index (χ1v) is 5.40. The molecule has 0 aromatic heterocycles. The third kappa shape index (κ3) is 2.69. The van der Waals surface area contributed by atoms with Crippen LogP contribution >= 0.6 is 0 Å². The fourth-order valence-electron chi connectivity index (χ4n) is 1.71. The summed E-state index contributed by atoms with van der Waals surface area (Å²) >= 11 is 0. The molecule has 0 radical (unpaired) electrons. The summed E-state index contributed by atoms with van der Waals surface area (Å²) in [4.78, 5) is 11.7. The van der Waals surface area contributed by atoms with Gasteiger partial charge in [-0.1, -0.05) is 30.3 Å². The topological polar surface area (TPSA) is 29.1 Å². The Morgan fingerprint density at radius 1 is 1.13 bits per heavy atom. The molecule has 0 unspecified atom stereocenters. The van der Waals surface area contributed by atoms with E-state index in [2.05, 4.69) is 5.32 Å². The van der Waals surface area contributed by atoms with Gasteiger partial charge < -0.3 is 5.32 Å². The molecule has 15 heavy (non-hydrogen) atoms. The number of hydrogen-bond donors (Lipinski definition) is 1. The van der Waals surface area contributed by atoms with Crippen molar-refractivity contribution in [3.8, 4) is 0 Å². The maximum atomic E-state index is 11.7. The van der Waals surface area contributed by atoms with Crippen molar-refractivity contribution >= 4 is 11.9 Å². The van der Waals surface area contributed by atoms with Crippen molar-refractivity contribution in [2.45, 2.75) is 19.3 Å². The molecule has 0 bridgehead atoms. The second-order valence-electron chi connectivity index (χ2n) is 3.78. The SMILES string of the molecule is O=C1CCCCN/C1=C/c1ccccc1. The van der Waals surface area contributed by atoms with E-state index in [0.29, 0.717) is 6.42 Å². The number of rotatable bonds is 1. The minimum absolute atomic E-state index is 0.233. The standard InChI is InChI=1S/C13H15NO/c15-13-8-4-5-9-14-12(13)10-11-6-2-1-3-7-11/h1-3,6-7,10,14H,4-5,8-9H2/b12-10+. The van der Waals surface area contributed by atoms with Crippen molar-refractivity contribution in [1.82, 2.24) is 5.32 Å². The van der Waals surface area contributed by atoms with Crippen LogP contribution in [0.15, 0.2) is 36.0 Å². The molecule has 2 nitrogen and oxygen atoms in total. The minimum Gasteiger partial charge on any atom is -0.382 e. The zero-order valence-electron chi connectivity index (χ0n) is 8.70. The summed E-state index contributed by atoms with van der Waals surface area (Å²) in [6, 6.07) is 9.95.